The third kappa shape index (κ3) is 1.84. The third-order valence-electron chi connectivity index (χ3n) is 1.52. The van der Waals surface area contributed by atoms with E-state index in [9.17, 15) is 4.79 Å². The summed E-state index contributed by atoms with van der Waals surface area (Å²) in [5.74, 6) is -0.433. The monoisotopic (exact) mass is 142 g/mol. The Morgan fingerprint density at radius 3 is 2.80 bits per heavy atom. The van der Waals surface area contributed by atoms with Gasteiger partial charge in [0.05, 0.1) is 0 Å². The van der Waals surface area contributed by atoms with Gasteiger partial charge in [-0.15, -0.1) is 0 Å². The maximum Gasteiger partial charge on any atom is 0.332 e. The molecule has 0 radical (unpaired) electrons. The highest BCUT2D eigenvalue weighted by Crippen LogP contribution is 2.24. The zero-order valence-corrected chi connectivity index (χ0v) is 5.67. The van der Waals surface area contributed by atoms with E-state index < -0.39 is 12.8 Å². The van der Waals surface area contributed by atoms with Crippen LogP contribution in [0.5, 0.6) is 0 Å². The fourth-order valence-electron chi connectivity index (χ4n) is 0.797. The number of carbonyl (C=O) groups excluding carboxylic acids is 1. The number of aliphatic hydroxyl groups excluding tert-OH is 1. The number of hydrogen-bond acceptors (Lipinski definition) is 3. The molecule has 0 atom stereocenters. The Balaban J connectivity index is 2.28. The van der Waals surface area contributed by atoms with Crippen LogP contribution in [-0.4, -0.2) is 17.9 Å². The van der Waals surface area contributed by atoms with Crippen LogP contribution in [0, 0.1) is 0 Å². The van der Waals surface area contributed by atoms with Crippen LogP contribution in [0.3, 0.4) is 0 Å². The van der Waals surface area contributed by atoms with Crippen molar-refractivity contribution >= 4 is 5.97 Å². The highest BCUT2D eigenvalue weighted by atomic mass is 16.6. The van der Waals surface area contributed by atoms with Crippen molar-refractivity contribution in [1.82, 2.24) is 0 Å². The van der Waals surface area contributed by atoms with Crippen LogP contribution < -0.4 is 0 Å². The van der Waals surface area contributed by atoms with Gasteiger partial charge in [0.25, 0.3) is 0 Å². The maximum absolute atomic E-state index is 10.6. The lowest BCUT2D eigenvalue weighted by atomic mass is 9.92. The molecular formula is C7H10O3. The minimum absolute atomic E-state index is 0.433. The number of carbonyl (C=O) groups is 1. The topological polar surface area (TPSA) is 46.5 Å². The van der Waals surface area contributed by atoms with E-state index in [0.717, 1.165) is 24.8 Å². The minimum Gasteiger partial charge on any atom is -0.436 e. The summed E-state index contributed by atoms with van der Waals surface area (Å²) in [7, 11) is 0. The van der Waals surface area contributed by atoms with Gasteiger partial charge < -0.3 is 9.84 Å². The maximum atomic E-state index is 10.6. The van der Waals surface area contributed by atoms with Crippen molar-refractivity contribution in [3.63, 3.8) is 0 Å². The Bertz CT molecular complexity index is 154. The molecule has 3 heteroatoms. The highest BCUT2D eigenvalue weighted by molar-refractivity contribution is 5.82. The van der Waals surface area contributed by atoms with Crippen molar-refractivity contribution in [2.75, 3.05) is 6.79 Å². The zero-order chi connectivity index (χ0) is 7.40. The molecule has 0 aromatic rings. The summed E-state index contributed by atoms with van der Waals surface area (Å²) in [6, 6.07) is 0. The second-order valence-corrected chi connectivity index (χ2v) is 2.25. The molecule has 1 rings (SSSR count). The minimum atomic E-state index is -0.525. The lowest BCUT2D eigenvalue weighted by Gasteiger charge is -2.14. The van der Waals surface area contributed by atoms with Crippen molar-refractivity contribution in [2.24, 2.45) is 0 Å². The molecule has 0 aromatic heterocycles. The largest absolute Gasteiger partial charge is 0.436 e. The molecule has 3 nitrogen and oxygen atoms in total. The molecule has 0 aromatic carbocycles. The van der Waals surface area contributed by atoms with Gasteiger partial charge in [-0.3, -0.25) is 0 Å². The summed E-state index contributed by atoms with van der Waals surface area (Å²) in [4.78, 5) is 10.6. The van der Waals surface area contributed by atoms with Crippen molar-refractivity contribution in [3.8, 4) is 0 Å². The standard InChI is InChI=1S/C7H10O3/c8-5-10-7(9)4-6-2-1-3-6/h4,8H,1-3,5H2. The second-order valence-electron chi connectivity index (χ2n) is 2.25. The van der Waals surface area contributed by atoms with Crippen LogP contribution in [0.1, 0.15) is 19.3 Å². The Morgan fingerprint density at radius 1 is 1.70 bits per heavy atom. The Labute approximate surface area is 59.3 Å². The fraction of sp³-hybridized carbons (Fsp3) is 0.571. The lowest BCUT2D eigenvalue weighted by molar-refractivity contribution is -0.145. The van der Waals surface area contributed by atoms with Crippen molar-refractivity contribution < 1.29 is 14.6 Å². The van der Waals surface area contributed by atoms with E-state index in [1.54, 1.807) is 0 Å². The van der Waals surface area contributed by atoms with Gasteiger partial charge in [-0.05, 0) is 19.3 Å². The molecule has 0 saturated heterocycles. The quantitative estimate of drug-likeness (QED) is 0.348. The van der Waals surface area contributed by atoms with Crippen molar-refractivity contribution in [3.05, 3.63) is 11.6 Å². The summed E-state index contributed by atoms with van der Waals surface area (Å²) >= 11 is 0. The molecule has 1 N–H and O–H groups in total. The van der Waals surface area contributed by atoms with Gasteiger partial charge in [0.2, 0.25) is 0 Å². The van der Waals surface area contributed by atoms with Gasteiger partial charge in [0, 0.05) is 6.08 Å². The SMILES string of the molecule is O=C(C=C1CCC1)OCO. The van der Waals surface area contributed by atoms with Crippen LogP contribution in [-0.2, 0) is 9.53 Å². The molecule has 0 heterocycles. The van der Waals surface area contributed by atoms with Crippen molar-refractivity contribution in [2.45, 2.75) is 19.3 Å². The number of hydrogen-bond donors (Lipinski definition) is 1. The van der Waals surface area contributed by atoms with E-state index in [1.807, 2.05) is 0 Å². The third-order valence-corrected chi connectivity index (χ3v) is 1.52. The summed E-state index contributed by atoms with van der Waals surface area (Å²) < 4.78 is 4.29. The average molecular weight is 142 g/mol. The van der Waals surface area contributed by atoms with Crippen LogP contribution in [0.25, 0.3) is 0 Å². The lowest BCUT2D eigenvalue weighted by Crippen LogP contribution is -2.05. The van der Waals surface area contributed by atoms with Gasteiger partial charge in [-0.2, -0.15) is 0 Å². The smallest absolute Gasteiger partial charge is 0.332 e. The molecule has 0 unspecified atom stereocenters. The predicted octanol–water partition coefficient (Wildman–Crippen LogP) is 0.590. The fourth-order valence-corrected chi connectivity index (χ4v) is 0.797. The molecule has 0 bridgehead atoms. The van der Waals surface area contributed by atoms with E-state index in [0.29, 0.717) is 0 Å². The summed E-state index contributed by atoms with van der Waals surface area (Å²) in [6.45, 7) is -0.525. The number of ether oxygens (including phenoxy) is 1. The Morgan fingerprint density at radius 2 is 2.40 bits per heavy atom. The van der Waals surface area contributed by atoms with E-state index in [-0.39, 0.29) is 0 Å². The molecule has 0 aliphatic heterocycles. The first-order chi connectivity index (χ1) is 4.83. The Hall–Kier alpha value is -0.830. The first kappa shape index (κ1) is 7.28. The summed E-state index contributed by atoms with van der Waals surface area (Å²) in [5.41, 5.74) is 1.12. The van der Waals surface area contributed by atoms with E-state index in [2.05, 4.69) is 4.74 Å². The molecule has 56 valence electrons. The molecule has 0 spiro atoms. The molecule has 1 aliphatic rings. The van der Waals surface area contributed by atoms with Crippen LogP contribution in [0.4, 0.5) is 0 Å². The van der Waals surface area contributed by atoms with Gasteiger partial charge in [-0.1, -0.05) is 5.57 Å². The average Bonchev–Trinajstić information content (AvgIpc) is 1.80. The first-order valence-corrected chi connectivity index (χ1v) is 3.30. The molecular weight excluding hydrogens is 132 g/mol. The van der Waals surface area contributed by atoms with Gasteiger partial charge >= 0.3 is 5.97 Å². The number of aliphatic hydroxyl groups is 1. The molecule has 1 saturated carbocycles. The highest BCUT2D eigenvalue weighted by Gasteiger charge is 2.09. The molecule has 1 fully saturated rings. The number of esters is 1. The number of rotatable bonds is 2. The second kappa shape index (κ2) is 3.37. The predicted molar refractivity (Wildman–Crippen MR) is 35.1 cm³/mol. The van der Waals surface area contributed by atoms with E-state index >= 15 is 0 Å². The summed E-state index contributed by atoms with van der Waals surface area (Å²) in [5, 5.41) is 8.17. The Kier molecular flexibility index (Phi) is 2.45. The van der Waals surface area contributed by atoms with Crippen LogP contribution >= 0.6 is 0 Å². The van der Waals surface area contributed by atoms with Gasteiger partial charge in [-0.25, -0.2) is 4.79 Å². The summed E-state index contributed by atoms with van der Waals surface area (Å²) in [6.07, 6.45) is 4.62. The van der Waals surface area contributed by atoms with Crippen molar-refractivity contribution in [1.29, 1.82) is 0 Å². The molecule has 10 heavy (non-hydrogen) atoms. The molecule has 0 amide bonds. The normalized spacial score (nSPS) is 15.9. The zero-order valence-electron chi connectivity index (χ0n) is 5.67. The first-order valence-electron chi connectivity index (χ1n) is 3.30. The van der Waals surface area contributed by atoms with E-state index in [1.165, 1.54) is 6.08 Å². The number of allylic oxidation sites excluding steroid dienone is 1. The van der Waals surface area contributed by atoms with E-state index in [4.69, 9.17) is 5.11 Å². The van der Waals surface area contributed by atoms with Gasteiger partial charge in [0.15, 0.2) is 6.79 Å². The van der Waals surface area contributed by atoms with Crippen LogP contribution in [0.2, 0.25) is 0 Å². The van der Waals surface area contributed by atoms with Crippen LogP contribution in [0.15, 0.2) is 11.6 Å². The molecule has 1 aliphatic carbocycles. The van der Waals surface area contributed by atoms with Gasteiger partial charge in [0.1, 0.15) is 0 Å².